The van der Waals surface area contributed by atoms with E-state index in [1.165, 1.54) is 148 Å². The number of hydrogen-bond donors (Lipinski definition) is 0. The van der Waals surface area contributed by atoms with Crippen LogP contribution in [0.25, 0.3) is 0 Å². The fourth-order valence-electron chi connectivity index (χ4n) is 13.5. The third-order valence-corrected chi connectivity index (χ3v) is 17.4. The average Bonchev–Trinajstić information content (AvgIpc) is 3.64. The van der Waals surface area contributed by atoms with Gasteiger partial charge in [0, 0.05) is 26.2 Å². The SMILES string of the molecule is CCCCCCCC/C=C\CCCCCCCCOCC(CCN1CCOCC1)OCCOCCO[C@H]1CC[C@@]2(C)C(=CCC3C4CCC([C@H](C)CCCC(C)C)[C@@]4(C)CCC32)C1. The van der Waals surface area contributed by atoms with Gasteiger partial charge < -0.3 is 23.7 Å². The number of fused-ring (bicyclic) bond motifs is 5. The molecule has 4 aliphatic carbocycles. The molecule has 6 nitrogen and oxygen atoms in total. The highest BCUT2D eigenvalue weighted by Crippen LogP contribution is 2.67. The number of ether oxygens (including phenoxy) is 5. The maximum atomic E-state index is 6.52. The van der Waals surface area contributed by atoms with E-state index in [9.17, 15) is 0 Å². The fraction of sp³-hybridized carbons (Fsp3) is 0.930. The van der Waals surface area contributed by atoms with Crippen LogP contribution in [0.4, 0.5) is 0 Å². The molecule has 0 N–H and O–H groups in total. The zero-order chi connectivity index (χ0) is 44.6. The maximum absolute atomic E-state index is 6.52. The summed E-state index contributed by atoms with van der Waals surface area (Å²) in [5, 5.41) is 0. The normalized spacial score (nSPS) is 29.8. The number of hydrogen-bond acceptors (Lipinski definition) is 6. The molecule has 0 aromatic heterocycles. The van der Waals surface area contributed by atoms with Crippen molar-refractivity contribution in [2.24, 2.45) is 46.3 Å². The van der Waals surface area contributed by atoms with Gasteiger partial charge in [0.1, 0.15) is 0 Å². The van der Waals surface area contributed by atoms with E-state index in [-0.39, 0.29) is 6.10 Å². The fourth-order valence-corrected chi connectivity index (χ4v) is 13.5. The molecule has 5 aliphatic rings. The second kappa shape index (κ2) is 29.9. The van der Waals surface area contributed by atoms with E-state index in [1.54, 1.807) is 5.57 Å². The molecule has 5 unspecified atom stereocenters. The van der Waals surface area contributed by atoms with Crippen LogP contribution < -0.4 is 0 Å². The minimum atomic E-state index is 0.109. The summed E-state index contributed by atoms with van der Waals surface area (Å²) in [6.07, 6.45) is 42.7. The van der Waals surface area contributed by atoms with E-state index in [4.69, 9.17) is 23.7 Å². The lowest BCUT2D eigenvalue weighted by atomic mass is 9.47. The molecular formula is C57H103NO5. The minimum Gasteiger partial charge on any atom is -0.379 e. The zero-order valence-corrected chi connectivity index (χ0v) is 42.5. The monoisotopic (exact) mass is 882 g/mol. The van der Waals surface area contributed by atoms with Gasteiger partial charge in [0.25, 0.3) is 0 Å². The van der Waals surface area contributed by atoms with Crippen molar-refractivity contribution in [2.75, 3.05) is 72.5 Å². The second-order valence-corrected chi connectivity index (χ2v) is 22.4. The third kappa shape index (κ3) is 17.7. The van der Waals surface area contributed by atoms with Gasteiger partial charge in [0.15, 0.2) is 0 Å². The van der Waals surface area contributed by atoms with Crippen molar-refractivity contribution in [2.45, 2.75) is 221 Å². The summed E-state index contributed by atoms with van der Waals surface area (Å²) in [6.45, 7) is 23.9. The van der Waals surface area contributed by atoms with Crippen molar-refractivity contribution in [3.63, 3.8) is 0 Å². The Bertz CT molecular complexity index is 1250. The van der Waals surface area contributed by atoms with Crippen LogP contribution in [0, 0.1) is 46.3 Å². The van der Waals surface area contributed by atoms with Crippen LogP contribution in [-0.2, 0) is 23.7 Å². The minimum absolute atomic E-state index is 0.109. The summed E-state index contributed by atoms with van der Waals surface area (Å²) in [4.78, 5) is 2.50. The Morgan fingerprint density at radius 1 is 0.714 bits per heavy atom. The lowest BCUT2D eigenvalue weighted by Gasteiger charge is -2.58. The first kappa shape index (κ1) is 53.2. The Balaban J connectivity index is 0.912. The van der Waals surface area contributed by atoms with Crippen molar-refractivity contribution in [1.29, 1.82) is 0 Å². The van der Waals surface area contributed by atoms with Crippen LogP contribution >= 0.6 is 0 Å². The predicted molar refractivity (Wildman–Crippen MR) is 265 cm³/mol. The lowest BCUT2D eigenvalue weighted by Crippen LogP contribution is -2.51. The first-order chi connectivity index (χ1) is 30.7. The van der Waals surface area contributed by atoms with Gasteiger partial charge in [0.2, 0.25) is 0 Å². The van der Waals surface area contributed by atoms with E-state index in [0.717, 1.165) is 94.2 Å². The summed E-state index contributed by atoms with van der Waals surface area (Å²) < 4.78 is 30.8. The molecule has 1 aliphatic heterocycles. The molecular weight excluding hydrogens is 779 g/mol. The second-order valence-electron chi connectivity index (χ2n) is 22.4. The molecule has 9 atom stereocenters. The Kier molecular flexibility index (Phi) is 25.2. The van der Waals surface area contributed by atoms with Crippen LogP contribution in [0.2, 0.25) is 0 Å². The molecule has 0 spiro atoms. The van der Waals surface area contributed by atoms with Gasteiger partial charge in [-0.2, -0.15) is 0 Å². The van der Waals surface area contributed by atoms with Crippen LogP contribution in [0.3, 0.4) is 0 Å². The largest absolute Gasteiger partial charge is 0.379 e. The van der Waals surface area contributed by atoms with Gasteiger partial charge in [0.05, 0.1) is 58.5 Å². The molecule has 4 fully saturated rings. The quantitative estimate of drug-likeness (QED) is 0.0474. The maximum Gasteiger partial charge on any atom is 0.0821 e. The van der Waals surface area contributed by atoms with Gasteiger partial charge in [-0.15, -0.1) is 0 Å². The Labute approximate surface area is 390 Å². The average molecular weight is 882 g/mol. The van der Waals surface area contributed by atoms with Crippen molar-refractivity contribution in [3.05, 3.63) is 23.8 Å². The zero-order valence-electron chi connectivity index (χ0n) is 42.5. The smallest absolute Gasteiger partial charge is 0.0821 e. The van der Waals surface area contributed by atoms with E-state index in [2.05, 4.69) is 64.7 Å². The van der Waals surface area contributed by atoms with Crippen molar-refractivity contribution in [3.8, 4) is 0 Å². The highest BCUT2D eigenvalue weighted by atomic mass is 16.6. The molecule has 1 saturated heterocycles. The highest BCUT2D eigenvalue weighted by molar-refractivity contribution is 5.25. The summed E-state index contributed by atoms with van der Waals surface area (Å²) >= 11 is 0. The number of morpholine rings is 1. The summed E-state index contributed by atoms with van der Waals surface area (Å²) in [7, 11) is 0. The van der Waals surface area contributed by atoms with Gasteiger partial charge in [-0.25, -0.2) is 0 Å². The first-order valence-electron chi connectivity index (χ1n) is 27.8. The predicted octanol–water partition coefficient (Wildman–Crippen LogP) is 14.6. The van der Waals surface area contributed by atoms with Crippen LogP contribution in [0.5, 0.6) is 0 Å². The van der Waals surface area contributed by atoms with Crippen molar-refractivity contribution in [1.82, 2.24) is 4.90 Å². The summed E-state index contributed by atoms with van der Waals surface area (Å²) in [5.41, 5.74) is 2.67. The molecule has 0 bridgehead atoms. The topological polar surface area (TPSA) is 49.4 Å². The third-order valence-electron chi connectivity index (χ3n) is 17.4. The number of rotatable bonds is 34. The van der Waals surface area contributed by atoms with Gasteiger partial charge in [-0.1, -0.05) is 142 Å². The Morgan fingerprint density at radius 3 is 2.17 bits per heavy atom. The first-order valence-corrected chi connectivity index (χ1v) is 27.8. The highest BCUT2D eigenvalue weighted by Gasteiger charge is 2.59. The molecule has 1 heterocycles. The molecule has 5 rings (SSSR count). The van der Waals surface area contributed by atoms with Crippen LogP contribution in [0.1, 0.15) is 208 Å². The number of nitrogens with zero attached hydrogens (tertiary/aromatic N) is 1. The molecule has 6 heteroatoms. The molecule has 0 amide bonds. The molecule has 366 valence electrons. The van der Waals surface area contributed by atoms with E-state index in [1.807, 2.05) is 0 Å². The molecule has 0 radical (unpaired) electrons. The number of allylic oxidation sites excluding steroid dienone is 3. The van der Waals surface area contributed by atoms with Crippen LogP contribution in [0.15, 0.2) is 23.8 Å². The Morgan fingerprint density at radius 2 is 1.43 bits per heavy atom. The summed E-state index contributed by atoms with van der Waals surface area (Å²) in [6, 6.07) is 0. The molecule has 0 aromatic carbocycles. The van der Waals surface area contributed by atoms with Crippen LogP contribution in [-0.4, -0.2) is 89.6 Å². The van der Waals surface area contributed by atoms with Gasteiger partial charge in [-0.05, 0) is 136 Å². The standard InChI is InChI=1S/C57H103NO5/c1-7-8-9-10-11-12-13-14-15-16-17-18-19-20-21-22-38-61-46-51(32-35-58-36-39-59-40-37-58)63-44-42-60-41-43-62-50-30-33-56(5)49(45-50)26-27-52-54-29-28-53(48(4)25-23-24-47(2)3)57(54,6)34-31-55(52)56/h14-15,26,47-48,50-55H,7-13,16-25,27-46H2,1-6H3/b15-14-/t48-,50+,51?,52?,53?,54?,55?,56+,57-/m1/s1. The van der Waals surface area contributed by atoms with Gasteiger partial charge >= 0.3 is 0 Å². The van der Waals surface area contributed by atoms with Crippen molar-refractivity contribution >= 4 is 0 Å². The molecule has 63 heavy (non-hydrogen) atoms. The van der Waals surface area contributed by atoms with E-state index >= 15 is 0 Å². The molecule has 3 saturated carbocycles. The number of unbranched alkanes of at least 4 members (excludes halogenated alkanes) is 12. The molecule has 0 aromatic rings. The Hall–Kier alpha value is -0.760. The lowest BCUT2D eigenvalue weighted by molar-refractivity contribution is -0.0728. The van der Waals surface area contributed by atoms with E-state index in [0.29, 0.717) is 50.0 Å². The van der Waals surface area contributed by atoms with Crippen molar-refractivity contribution < 1.29 is 23.7 Å². The van der Waals surface area contributed by atoms with Gasteiger partial charge in [-0.3, -0.25) is 4.90 Å². The summed E-state index contributed by atoms with van der Waals surface area (Å²) in [5.74, 6) is 5.35. The van der Waals surface area contributed by atoms with E-state index < -0.39 is 0 Å².